The molecule has 0 aliphatic rings. The first-order valence-corrected chi connectivity index (χ1v) is 3.76. The Morgan fingerprint density at radius 3 is 1.82 bits per heavy atom. The molecule has 1 aromatic carbocycles. The Kier molecular flexibility index (Phi) is 2.54. The van der Waals surface area contributed by atoms with Gasteiger partial charge in [-0.25, -0.2) is 0 Å². The zero-order chi connectivity index (χ0) is 8.27. The van der Waals surface area contributed by atoms with E-state index in [0.29, 0.717) is 23.7 Å². The summed E-state index contributed by atoms with van der Waals surface area (Å²) in [4.78, 5) is 20.6. The largest absolute Gasteiger partial charge is 0.298 e. The molecule has 2 nitrogen and oxygen atoms in total. The van der Waals surface area contributed by atoms with Gasteiger partial charge in [-0.1, -0.05) is 15.9 Å². The van der Waals surface area contributed by atoms with E-state index in [0.717, 1.165) is 4.47 Å². The number of hydrogen-bond donors (Lipinski definition) is 0. The number of aldehydes is 2. The van der Waals surface area contributed by atoms with Crippen molar-refractivity contribution in [1.82, 2.24) is 0 Å². The molecule has 0 N–H and O–H groups in total. The van der Waals surface area contributed by atoms with Crippen LogP contribution in [0.25, 0.3) is 0 Å². The van der Waals surface area contributed by atoms with Crippen molar-refractivity contribution in [2.24, 2.45) is 0 Å². The first-order chi connectivity index (χ1) is 5.26. The van der Waals surface area contributed by atoms with Gasteiger partial charge in [0.25, 0.3) is 0 Å². The molecule has 0 amide bonds. The van der Waals surface area contributed by atoms with E-state index in [9.17, 15) is 9.59 Å². The molecule has 56 valence electrons. The third kappa shape index (κ3) is 1.98. The summed E-state index contributed by atoms with van der Waals surface area (Å²) in [6, 6.07) is 4.84. The lowest BCUT2D eigenvalue weighted by molar-refractivity contribution is 0.112. The van der Waals surface area contributed by atoms with Crippen molar-refractivity contribution in [2.75, 3.05) is 0 Å². The number of halogens is 1. The molecule has 0 heterocycles. The van der Waals surface area contributed by atoms with E-state index < -0.39 is 0 Å². The van der Waals surface area contributed by atoms with Crippen LogP contribution < -0.4 is 0 Å². The third-order valence-corrected chi connectivity index (χ3v) is 1.67. The van der Waals surface area contributed by atoms with Gasteiger partial charge in [-0.15, -0.1) is 0 Å². The highest BCUT2D eigenvalue weighted by Gasteiger charge is 1.96. The Bertz CT molecular complexity index is 268. The monoisotopic (exact) mass is 212 g/mol. The fraction of sp³-hybridized carbons (Fsp3) is 0. The molecule has 1 aromatic rings. The summed E-state index contributed by atoms with van der Waals surface area (Å²) in [6.07, 6.45) is 1.41. The minimum Gasteiger partial charge on any atom is -0.298 e. The van der Waals surface area contributed by atoms with Crippen molar-refractivity contribution >= 4 is 28.5 Å². The second-order valence-electron chi connectivity index (χ2n) is 2.05. The van der Waals surface area contributed by atoms with Crippen molar-refractivity contribution in [1.29, 1.82) is 0 Å². The molecule has 0 aliphatic heterocycles. The maximum absolute atomic E-state index is 10.3. The quantitative estimate of drug-likeness (QED) is 0.704. The fourth-order valence-electron chi connectivity index (χ4n) is 0.772. The summed E-state index contributed by atoms with van der Waals surface area (Å²) in [7, 11) is 0. The van der Waals surface area contributed by atoms with Gasteiger partial charge in [-0.05, 0) is 18.2 Å². The molecule has 11 heavy (non-hydrogen) atoms. The third-order valence-electron chi connectivity index (χ3n) is 1.21. The normalized spacial score (nSPS) is 9.18. The van der Waals surface area contributed by atoms with Crippen molar-refractivity contribution < 1.29 is 9.59 Å². The van der Waals surface area contributed by atoms with Crippen LogP contribution in [0.4, 0.5) is 0 Å². The molecule has 3 heteroatoms. The molecule has 0 unspecified atom stereocenters. The molecule has 0 spiro atoms. The highest BCUT2D eigenvalue weighted by molar-refractivity contribution is 9.10. The number of carbonyl (C=O) groups excluding carboxylic acids is 2. The van der Waals surface area contributed by atoms with Crippen molar-refractivity contribution in [3.05, 3.63) is 33.8 Å². The zero-order valence-corrected chi connectivity index (χ0v) is 7.17. The molecule has 0 aromatic heterocycles. The average Bonchev–Trinajstić information content (AvgIpc) is 2.03. The predicted octanol–water partition coefficient (Wildman–Crippen LogP) is 2.07. The lowest BCUT2D eigenvalue weighted by Gasteiger charge is -1.94. The molecular formula is C8H5BrO2. The van der Waals surface area contributed by atoms with Crippen LogP contribution in [-0.2, 0) is 0 Å². The van der Waals surface area contributed by atoms with Crippen LogP contribution in [-0.4, -0.2) is 12.6 Å². The predicted molar refractivity (Wildman–Crippen MR) is 44.9 cm³/mol. The number of benzene rings is 1. The summed E-state index contributed by atoms with van der Waals surface area (Å²) in [5.74, 6) is 0. The number of rotatable bonds is 2. The summed E-state index contributed by atoms with van der Waals surface area (Å²) in [5, 5.41) is 0. The van der Waals surface area contributed by atoms with Gasteiger partial charge in [0, 0.05) is 15.6 Å². The van der Waals surface area contributed by atoms with Gasteiger partial charge in [0.2, 0.25) is 0 Å². The molecule has 0 bridgehead atoms. The van der Waals surface area contributed by atoms with E-state index >= 15 is 0 Å². The van der Waals surface area contributed by atoms with E-state index in [1.165, 1.54) is 6.07 Å². The van der Waals surface area contributed by atoms with Crippen molar-refractivity contribution in [3.63, 3.8) is 0 Å². The Morgan fingerprint density at radius 1 is 1.00 bits per heavy atom. The molecule has 1 rings (SSSR count). The van der Waals surface area contributed by atoms with Gasteiger partial charge >= 0.3 is 0 Å². The fourth-order valence-corrected chi connectivity index (χ4v) is 1.30. The molecule has 0 radical (unpaired) electrons. The van der Waals surface area contributed by atoms with Crippen molar-refractivity contribution in [3.8, 4) is 0 Å². The second-order valence-corrected chi connectivity index (χ2v) is 2.97. The Hall–Kier alpha value is -0.960. The molecular weight excluding hydrogens is 208 g/mol. The summed E-state index contributed by atoms with van der Waals surface area (Å²) in [5.41, 5.74) is 1.00. The van der Waals surface area contributed by atoms with Crippen LogP contribution in [0.15, 0.2) is 22.7 Å². The smallest absolute Gasteiger partial charge is 0.150 e. The first-order valence-electron chi connectivity index (χ1n) is 2.97. The van der Waals surface area contributed by atoms with Gasteiger partial charge in [0.15, 0.2) is 0 Å². The zero-order valence-electron chi connectivity index (χ0n) is 5.58. The van der Waals surface area contributed by atoms with Crippen LogP contribution in [0.3, 0.4) is 0 Å². The van der Waals surface area contributed by atoms with E-state index in [1.54, 1.807) is 12.1 Å². The standard InChI is InChI=1S/C8H5BrO2/c9-8-2-6(4-10)1-7(3-8)5-11/h1-5H. The van der Waals surface area contributed by atoms with E-state index in [-0.39, 0.29) is 0 Å². The molecule has 0 aliphatic carbocycles. The van der Waals surface area contributed by atoms with Crippen LogP contribution in [0, 0.1) is 0 Å². The van der Waals surface area contributed by atoms with Gasteiger partial charge in [0.05, 0.1) is 0 Å². The maximum atomic E-state index is 10.3. The highest BCUT2D eigenvalue weighted by atomic mass is 79.9. The minimum absolute atomic E-state index is 0.501. The average molecular weight is 213 g/mol. The summed E-state index contributed by atoms with van der Waals surface area (Å²) < 4.78 is 0.740. The molecule has 0 fully saturated rings. The van der Waals surface area contributed by atoms with Crippen LogP contribution in [0.5, 0.6) is 0 Å². The molecule has 0 atom stereocenters. The first kappa shape index (κ1) is 8.14. The SMILES string of the molecule is O=Cc1cc(Br)cc(C=O)c1. The van der Waals surface area contributed by atoms with E-state index in [2.05, 4.69) is 15.9 Å². The summed E-state index contributed by atoms with van der Waals surface area (Å²) >= 11 is 3.18. The Morgan fingerprint density at radius 2 is 1.45 bits per heavy atom. The van der Waals surface area contributed by atoms with Gasteiger partial charge in [-0.3, -0.25) is 9.59 Å². The van der Waals surface area contributed by atoms with E-state index in [4.69, 9.17) is 0 Å². The lowest BCUT2D eigenvalue weighted by atomic mass is 10.1. The Balaban J connectivity index is 3.21. The van der Waals surface area contributed by atoms with Gasteiger partial charge < -0.3 is 0 Å². The highest BCUT2D eigenvalue weighted by Crippen LogP contribution is 2.13. The van der Waals surface area contributed by atoms with Crippen LogP contribution in [0.2, 0.25) is 0 Å². The molecule has 0 saturated carbocycles. The topological polar surface area (TPSA) is 34.1 Å². The molecule has 0 saturated heterocycles. The van der Waals surface area contributed by atoms with Gasteiger partial charge in [-0.2, -0.15) is 0 Å². The second kappa shape index (κ2) is 3.44. The van der Waals surface area contributed by atoms with E-state index in [1.807, 2.05) is 0 Å². The number of hydrogen-bond acceptors (Lipinski definition) is 2. The minimum atomic E-state index is 0.501. The Labute approximate surface area is 72.4 Å². The maximum Gasteiger partial charge on any atom is 0.150 e. The van der Waals surface area contributed by atoms with Crippen LogP contribution >= 0.6 is 15.9 Å². The van der Waals surface area contributed by atoms with Crippen molar-refractivity contribution in [2.45, 2.75) is 0 Å². The number of carbonyl (C=O) groups is 2. The van der Waals surface area contributed by atoms with Crippen LogP contribution in [0.1, 0.15) is 20.7 Å². The lowest BCUT2D eigenvalue weighted by Crippen LogP contribution is -1.84. The van der Waals surface area contributed by atoms with Gasteiger partial charge in [0.1, 0.15) is 12.6 Å². The summed E-state index contributed by atoms with van der Waals surface area (Å²) in [6.45, 7) is 0.